The highest BCUT2D eigenvalue weighted by Crippen LogP contribution is 2.34. The van der Waals surface area contributed by atoms with Gasteiger partial charge in [0.1, 0.15) is 6.17 Å². The van der Waals surface area contributed by atoms with Crippen LogP contribution in [0.2, 0.25) is 0 Å². The number of H-pyrrole nitrogens is 1. The second-order valence-corrected chi connectivity index (χ2v) is 8.37. The number of benzene rings is 1. The Kier molecular flexibility index (Phi) is 5.08. The van der Waals surface area contributed by atoms with E-state index < -0.39 is 17.7 Å². The zero-order valence-electron chi connectivity index (χ0n) is 16.9. The Balaban J connectivity index is 1.74. The molecule has 0 bridgehead atoms. The number of rotatable bonds is 6. The number of amides is 1. The molecule has 0 spiro atoms. The molecule has 1 aliphatic carbocycles. The van der Waals surface area contributed by atoms with Crippen molar-refractivity contribution in [3.8, 4) is 6.07 Å². The number of nitrogens with zero attached hydrogens (tertiary/aromatic N) is 2. The molecule has 0 radical (unpaired) electrons. The van der Waals surface area contributed by atoms with Crippen molar-refractivity contribution in [2.24, 2.45) is 0 Å². The van der Waals surface area contributed by atoms with Gasteiger partial charge in [0, 0.05) is 23.1 Å². The molecule has 2 aromatic heterocycles. The summed E-state index contributed by atoms with van der Waals surface area (Å²) in [5.41, 5.74) is 2.06. The monoisotopic (exact) mass is 409 g/mol. The summed E-state index contributed by atoms with van der Waals surface area (Å²) in [5, 5.41) is 25.8. The van der Waals surface area contributed by atoms with Gasteiger partial charge in [-0.05, 0) is 51.3 Å². The second kappa shape index (κ2) is 7.58. The number of hydrogen-bond donors (Lipinski definition) is 4. The molecule has 1 aromatic carbocycles. The lowest BCUT2D eigenvalue weighted by Gasteiger charge is -2.28. The van der Waals surface area contributed by atoms with Gasteiger partial charge in [0.05, 0.1) is 46.1 Å². The highest BCUT2D eigenvalue weighted by molar-refractivity contribution is 6.13. The van der Waals surface area contributed by atoms with Crippen LogP contribution in [0, 0.1) is 11.3 Å². The van der Waals surface area contributed by atoms with E-state index in [0.29, 0.717) is 27.8 Å². The number of pyridine rings is 1. The lowest BCUT2D eigenvalue weighted by atomic mass is 9.92. The zero-order valence-corrected chi connectivity index (χ0v) is 16.9. The molecule has 3 aromatic rings. The Bertz CT molecular complexity index is 1150. The highest BCUT2D eigenvalue weighted by atomic mass is 19.1. The summed E-state index contributed by atoms with van der Waals surface area (Å²) < 4.78 is 14.1. The molecule has 4 rings (SSSR count). The van der Waals surface area contributed by atoms with Gasteiger partial charge >= 0.3 is 0 Å². The van der Waals surface area contributed by atoms with Gasteiger partial charge in [-0.1, -0.05) is 0 Å². The smallest absolute Gasteiger partial charge is 0.255 e. The van der Waals surface area contributed by atoms with Crippen molar-refractivity contribution in [3.63, 3.8) is 0 Å². The Morgan fingerprint density at radius 3 is 2.87 bits per heavy atom. The maximum Gasteiger partial charge on any atom is 0.255 e. The molecule has 30 heavy (non-hydrogen) atoms. The van der Waals surface area contributed by atoms with E-state index in [1.54, 1.807) is 12.1 Å². The number of fused-ring (bicyclic) bond motifs is 3. The fourth-order valence-electron chi connectivity index (χ4n) is 3.50. The average molecular weight is 409 g/mol. The number of anilines is 1. The molecule has 1 saturated carbocycles. The minimum atomic E-state index is -1.60. The van der Waals surface area contributed by atoms with Crippen LogP contribution in [0.1, 0.15) is 49.0 Å². The topological polar surface area (TPSA) is 114 Å². The zero-order chi connectivity index (χ0) is 21.5. The fraction of sp³-hybridized carbons (Fsp3) is 0.409. The number of halogens is 1. The average Bonchev–Trinajstić information content (AvgIpc) is 3.05. The molecule has 4 N–H and O–H groups in total. The summed E-state index contributed by atoms with van der Waals surface area (Å²) in [6.07, 6.45) is 3.03. The molecule has 8 heteroatoms. The molecular formula is C22H24FN5O2. The Morgan fingerprint density at radius 1 is 1.47 bits per heavy atom. The van der Waals surface area contributed by atoms with Gasteiger partial charge in [-0.15, -0.1) is 0 Å². The quantitative estimate of drug-likeness (QED) is 0.498. The van der Waals surface area contributed by atoms with Crippen LogP contribution in [0.5, 0.6) is 0 Å². The van der Waals surface area contributed by atoms with Gasteiger partial charge in [0.15, 0.2) is 0 Å². The largest absolute Gasteiger partial charge is 0.387 e. The van der Waals surface area contributed by atoms with Crippen molar-refractivity contribution in [2.45, 2.75) is 50.9 Å². The van der Waals surface area contributed by atoms with E-state index in [0.717, 1.165) is 30.2 Å². The summed E-state index contributed by atoms with van der Waals surface area (Å²) in [6, 6.07) is 7.70. The number of aromatic amines is 1. The van der Waals surface area contributed by atoms with Gasteiger partial charge in [-0.25, -0.2) is 4.39 Å². The summed E-state index contributed by atoms with van der Waals surface area (Å²) in [7, 11) is 0. The van der Waals surface area contributed by atoms with Crippen molar-refractivity contribution >= 4 is 33.5 Å². The maximum atomic E-state index is 14.1. The molecule has 2 heterocycles. The van der Waals surface area contributed by atoms with E-state index in [9.17, 15) is 14.3 Å². The normalized spacial score (nSPS) is 15.6. The number of carbonyl (C=O) groups excluding carboxylic acids is 1. The Morgan fingerprint density at radius 2 is 2.23 bits per heavy atom. The molecule has 7 nitrogen and oxygen atoms in total. The number of hydrogen-bond acceptors (Lipinski definition) is 5. The van der Waals surface area contributed by atoms with E-state index >= 15 is 0 Å². The van der Waals surface area contributed by atoms with E-state index in [2.05, 4.69) is 26.7 Å². The van der Waals surface area contributed by atoms with Gasteiger partial charge in [-0.3, -0.25) is 9.78 Å². The van der Waals surface area contributed by atoms with E-state index in [-0.39, 0.29) is 12.6 Å². The van der Waals surface area contributed by atoms with Crippen molar-refractivity contribution in [1.29, 1.82) is 5.26 Å². The Labute approximate surface area is 173 Å². The van der Waals surface area contributed by atoms with Gasteiger partial charge < -0.3 is 20.7 Å². The van der Waals surface area contributed by atoms with Crippen LogP contribution in [-0.2, 0) is 0 Å². The first kappa shape index (κ1) is 20.1. The molecule has 1 fully saturated rings. The third kappa shape index (κ3) is 3.68. The number of nitriles is 1. The molecular weight excluding hydrogens is 385 g/mol. The molecule has 0 saturated heterocycles. The predicted octanol–water partition coefficient (Wildman–Crippen LogP) is 3.39. The molecule has 0 unspecified atom stereocenters. The van der Waals surface area contributed by atoms with Gasteiger partial charge in [0.25, 0.3) is 5.91 Å². The third-order valence-electron chi connectivity index (χ3n) is 5.65. The van der Waals surface area contributed by atoms with Crippen LogP contribution < -0.4 is 10.6 Å². The van der Waals surface area contributed by atoms with Crippen molar-refractivity contribution in [1.82, 2.24) is 15.3 Å². The summed E-state index contributed by atoms with van der Waals surface area (Å²) in [5.74, 6) is -0.463. The van der Waals surface area contributed by atoms with Crippen LogP contribution in [0.25, 0.3) is 21.9 Å². The van der Waals surface area contributed by atoms with E-state index in [4.69, 9.17) is 5.26 Å². The lowest BCUT2D eigenvalue weighted by Crippen LogP contribution is -2.42. The van der Waals surface area contributed by atoms with Crippen LogP contribution >= 0.6 is 0 Å². The number of aromatic nitrogens is 2. The van der Waals surface area contributed by atoms with Gasteiger partial charge in [0.2, 0.25) is 0 Å². The number of nitrogens with one attached hydrogen (secondary N) is 3. The first-order chi connectivity index (χ1) is 14.3. The van der Waals surface area contributed by atoms with Crippen LogP contribution in [0.15, 0.2) is 24.4 Å². The summed E-state index contributed by atoms with van der Waals surface area (Å²) in [6.45, 7) is 2.42. The van der Waals surface area contributed by atoms with Crippen molar-refractivity contribution in [3.05, 3.63) is 35.5 Å². The van der Waals surface area contributed by atoms with Crippen LogP contribution in [-0.4, -0.2) is 45.3 Å². The molecule has 1 atom stereocenters. The molecule has 156 valence electrons. The standard InChI is InChI=1S/C22H24FN5O2/c1-22(2,30)17(23)11-26-21(29)15-10-25-18-14-7-6-12(9-24)8-16(14)28-20(18)19(15)27-13-4-3-5-13/h6-8,10,13,17,28,30H,3-5,11H2,1-2H3,(H,25,27)(H,26,29)/t17-/m1/s1. The second-order valence-electron chi connectivity index (χ2n) is 8.37. The summed E-state index contributed by atoms with van der Waals surface area (Å²) in [4.78, 5) is 20.6. The minimum absolute atomic E-state index is 0.258. The SMILES string of the molecule is CC(C)(O)[C@H](F)CNC(=O)c1cnc2c([nH]c3cc(C#N)ccc32)c1NC1CCC1. The Hall–Kier alpha value is -3.18. The van der Waals surface area contributed by atoms with E-state index in [1.165, 1.54) is 20.0 Å². The maximum absolute atomic E-state index is 14.1. The summed E-state index contributed by atoms with van der Waals surface area (Å²) >= 11 is 0. The molecule has 1 aliphatic rings. The predicted molar refractivity (Wildman–Crippen MR) is 113 cm³/mol. The molecule has 1 amide bonds. The molecule has 0 aliphatic heterocycles. The van der Waals surface area contributed by atoms with E-state index in [1.807, 2.05) is 6.07 Å². The van der Waals surface area contributed by atoms with Crippen molar-refractivity contribution < 1.29 is 14.3 Å². The van der Waals surface area contributed by atoms with Crippen molar-refractivity contribution in [2.75, 3.05) is 11.9 Å². The first-order valence-electron chi connectivity index (χ1n) is 10.0. The number of alkyl halides is 1. The van der Waals surface area contributed by atoms with Crippen LogP contribution in [0.4, 0.5) is 10.1 Å². The van der Waals surface area contributed by atoms with Gasteiger partial charge in [-0.2, -0.15) is 5.26 Å². The number of aliphatic hydroxyl groups is 1. The minimum Gasteiger partial charge on any atom is -0.387 e. The lowest BCUT2D eigenvalue weighted by molar-refractivity contribution is -0.00177. The first-order valence-corrected chi connectivity index (χ1v) is 10.0. The van der Waals surface area contributed by atoms with Crippen LogP contribution in [0.3, 0.4) is 0 Å². The number of carbonyl (C=O) groups is 1. The highest BCUT2D eigenvalue weighted by Gasteiger charge is 2.28. The fourth-order valence-corrected chi connectivity index (χ4v) is 3.50. The third-order valence-corrected chi connectivity index (χ3v) is 5.65.